The second-order valence-electron chi connectivity index (χ2n) is 32.0. The zero-order chi connectivity index (χ0) is 107. The van der Waals surface area contributed by atoms with Gasteiger partial charge in [-0.05, 0) is 214 Å². The average Bonchev–Trinajstić information content (AvgIpc) is 1.65. The Kier molecular flexibility index (Phi) is 33.4. The molecule has 17 rings (SSSR count). The van der Waals surface area contributed by atoms with Crippen molar-refractivity contribution in [1.29, 1.82) is 0 Å². The van der Waals surface area contributed by atoms with E-state index in [1.807, 2.05) is 47.9 Å². The van der Waals surface area contributed by atoms with Crippen LogP contribution in [0.5, 0.6) is 5.75 Å². The molecule has 0 bridgehead atoms. The number of alkyl halides is 17. The highest BCUT2D eigenvalue weighted by molar-refractivity contribution is 5.83. The zero-order valence-electron chi connectivity index (χ0n) is 80.0. The fourth-order valence-electron chi connectivity index (χ4n) is 14.7. The van der Waals surface area contributed by atoms with Gasteiger partial charge < -0.3 is 46.1 Å². The summed E-state index contributed by atoms with van der Waals surface area (Å²) in [6, 6.07) is 40.2. The Balaban J connectivity index is 0.000000155. The van der Waals surface area contributed by atoms with Crippen LogP contribution in [0.25, 0.3) is 61.9 Å². The lowest BCUT2D eigenvalue weighted by molar-refractivity contribution is -0.141. The number of halogens is 17. The summed E-state index contributed by atoms with van der Waals surface area (Å²) < 4.78 is 238. The summed E-state index contributed by atoms with van der Waals surface area (Å²) in [5, 5.41) is 34.2. The molecule has 0 atom stereocenters. The minimum atomic E-state index is -4.68. The molecule has 7 aromatic carbocycles. The molecule has 32 nitrogen and oxygen atoms in total. The van der Waals surface area contributed by atoms with Crippen LogP contribution in [0, 0.1) is 55.4 Å². The van der Waals surface area contributed by atoms with Crippen molar-refractivity contribution in [3.8, 4) is 56.6 Å². The van der Waals surface area contributed by atoms with Crippen molar-refractivity contribution in [2.24, 2.45) is 7.05 Å². The summed E-state index contributed by atoms with van der Waals surface area (Å²) in [6.07, 6.45) is -8.86. The molecule has 10 heterocycles. The van der Waals surface area contributed by atoms with E-state index < -0.39 is 77.6 Å². The number of anilines is 11. The van der Waals surface area contributed by atoms with Crippen LogP contribution in [0.3, 0.4) is 0 Å². The molecule has 0 saturated carbocycles. The minimum absolute atomic E-state index is 0.0583. The van der Waals surface area contributed by atoms with E-state index in [0.717, 1.165) is 86.6 Å². The fraction of sp³-hybridized carbons (Fsp3) is 0.212. The van der Waals surface area contributed by atoms with E-state index in [0.29, 0.717) is 126 Å². The summed E-state index contributed by atoms with van der Waals surface area (Å²) in [4.78, 5) is 83.1. The first kappa shape index (κ1) is 108. The first-order valence-corrected chi connectivity index (χ1v) is 44.2. The number of aromatic nitrogens is 20. The molecule has 0 aliphatic carbocycles. The smallest absolute Gasteiger partial charge is 0.435 e. The number of imidazole rings is 1. The van der Waals surface area contributed by atoms with E-state index >= 15 is 0 Å². The summed E-state index contributed by atoms with van der Waals surface area (Å²) in [6.45, 7) is 16.9. The van der Waals surface area contributed by atoms with Gasteiger partial charge in [-0.25, -0.2) is 44.2 Å². The summed E-state index contributed by atoms with van der Waals surface area (Å²) in [5.41, 5.74) is 8.99. The van der Waals surface area contributed by atoms with Crippen LogP contribution in [0.4, 0.5) is 147 Å². The third-order valence-electron chi connectivity index (χ3n) is 21.5. The number of nitrogens with one attached hydrogen (secondary N) is 6. The molecule has 148 heavy (non-hydrogen) atoms. The first-order valence-electron chi connectivity index (χ1n) is 44.2. The van der Waals surface area contributed by atoms with Crippen molar-refractivity contribution in [3.63, 3.8) is 0 Å². The fourth-order valence-corrected chi connectivity index (χ4v) is 14.7. The van der Waals surface area contributed by atoms with Crippen molar-refractivity contribution in [2.75, 3.05) is 45.1 Å². The molecule has 49 heteroatoms. The van der Waals surface area contributed by atoms with Crippen LogP contribution in [-0.2, 0) is 53.9 Å². The maximum absolute atomic E-state index is 13.3. The van der Waals surface area contributed by atoms with Gasteiger partial charge in [-0.3, -0.25) is 39.0 Å². The number of carbonyl (C=O) groups is 3. The van der Waals surface area contributed by atoms with E-state index in [4.69, 9.17) is 9.47 Å². The van der Waals surface area contributed by atoms with Crippen LogP contribution >= 0.6 is 0 Å². The maximum Gasteiger partial charge on any atom is 0.435 e. The minimum Gasteiger partial charge on any atom is -0.448 e. The van der Waals surface area contributed by atoms with E-state index in [9.17, 15) is 89.0 Å². The molecule has 0 aliphatic rings. The number of rotatable bonds is 22. The SMILES string of the molecule is CC(=O)n1nc(C)c(-c2cncc(Nc3ccc(C(F)(F)F)cc3)n2)c1C.CCOC(=O)n1nc(C)c(-c2cncc(Nc3ccc(C(F)(F)F)cc3)n2)c1C.CCOC(=O)n1nc(C)c(-c2cncc(Nc3ccc(OC(F)F)cc3)n2)c1C.Cc1c(-c2cncc(Nc3ccc(C(F)(F)F)cc3)n2)c(C(F)(F)F)nn1C.Cc1nc2ccc(NCc3ccccc3)cc2n1-c1cncc(Nc2ccc(C(F)(F)F)cc2)n1. The Bertz CT molecular complexity index is 7520. The number of carbonyl (C=O) groups excluding carboxylic acids is 3. The molecule has 768 valence electrons. The van der Waals surface area contributed by atoms with Gasteiger partial charge in [-0.1, -0.05) is 30.3 Å². The highest BCUT2D eigenvalue weighted by atomic mass is 19.4. The third-order valence-corrected chi connectivity index (χ3v) is 21.5. The molecule has 10 aromatic heterocycles. The van der Waals surface area contributed by atoms with Gasteiger partial charge in [-0.15, -0.1) is 0 Å². The average molecular weight is 2060 g/mol. The normalized spacial score (nSPS) is 11.5. The molecule has 0 spiro atoms. The van der Waals surface area contributed by atoms with Crippen LogP contribution in [0.2, 0.25) is 0 Å². The van der Waals surface area contributed by atoms with Crippen molar-refractivity contribution in [1.82, 2.24) is 98.5 Å². The number of nitrogens with zero attached hydrogens (tertiary/aromatic N) is 20. The second kappa shape index (κ2) is 45.9. The lowest BCUT2D eigenvalue weighted by Gasteiger charge is -2.11. The molecular formula is C99H87F17N26O6. The molecule has 0 radical (unpaired) electrons. The van der Waals surface area contributed by atoms with Crippen molar-refractivity contribution in [2.45, 2.75) is 120 Å². The van der Waals surface area contributed by atoms with Crippen LogP contribution in [0.1, 0.15) is 105 Å². The van der Waals surface area contributed by atoms with Crippen molar-refractivity contribution in [3.05, 3.63) is 311 Å². The van der Waals surface area contributed by atoms with Gasteiger partial charge in [-0.2, -0.15) is 104 Å². The van der Waals surface area contributed by atoms with Gasteiger partial charge in [0.15, 0.2) is 17.3 Å². The van der Waals surface area contributed by atoms with Crippen LogP contribution in [-0.4, -0.2) is 136 Å². The van der Waals surface area contributed by atoms with Gasteiger partial charge in [0.05, 0.1) is 171 Å². The summed E-state index contributed by atoms with van der Waals surface area (Å²) in [5.74, 6) is 2.75. The van der Waals surface area contributed by atoms with E-state index in [1.165, 1.54) is 134 Å². The predicted molar refractivity (Wildman–Crippen MR) is 514 cm³/mol. The lowest BCUT2D eigenvalue weighted by atomic mass is 10.1. The number of ether oxygens (including phenoxy) is 3. The molecule has 0 saturated heterocycles. The first-order chi connectivity index (χ1) is 70.1. The largest absolute Gasteiger partial charge is 0.448 e. The molecule has 17 aromatic rings. The van der Waals surface area contributed by atoms with Gasteiger partial charge in [0, 0.05) is 77.0 Å². The topological polar surface area (TPSA) is 369 Å². The quantitative estimate of drug-likeness (QED) is 0.0343. The van der Waals surface area contributed by atoms with Crippen molar-refractivity contribution < 1.29 is 103 Å². The van der Waals surface area contributed by atoms with Crippen molar-refractivity contribution >= 4 is 92.3 Å². The number of aryl methyl sites for hydroxylation is 5. The Morgan fingerprint density at radius 2 is 0.696 bits per heavy atom. The van der Waals surface area contributed by atoms with Gasteiger partial charge in [0.2, 0.25) is 5.91 Å². The molecule has 0 fully saturated rings. The third kappa shape index (κ3) is 27.2. The Morgan fingerprint density at radius 3 is 1.03 bits per heavy atom. The Labute approximate surface area is 830 Å². The second-order valence-corrected chi connectivity index (χ2v) is 32.0. The van der Waals surface area contributed by atoms with E-state index in [2.05, 4.69) is 124 Å². The number of fused-ring (bicyclic) bond motifs is 1. The summed E-state index contributed by atoms with van der Waals surface area (Å²) >= 11 is 0. The molecule has 0 amide bonds. The molecule has 6 N–H and O–H groups in total. The Hall–Kier alpha value is -17.7. The maximum atomic E-state index is 13.3. The van der Waals surface area contributed by atoms with Gasteiger partial charge in [0.1, 0.15) is 34.8 Å². The monoisotopic (exact) mass is 2060 g/mol. The number of benzene rings is 7. The molecular weight excluding hydrogens is 1970 g/mol. The molecule has 0 aliphatic heterocycles. The van der Waals surface area contributed by atoms with Crippen LogP contribution in [0.15, 0.2) is 232 Å². The number of hydrogen-bond donors (Lipinski definition) is 6. The predicted octanol–water partition coefficient (Wildman–Crippen LogP) is 24.9. The van der Waals surface area contributed by atoms with E-state index in [-0.39, 0.29) is 53.3 Å². The lowest BCUT2D eigenvalue weighted by Crippen LogP contribution is -2.16. The van der Waals surface area contributed by atoms with Gasteiger partial charge in [0.25, 0.3) is 0 Å². The van der Waals surface area contributed by atoms with Crippen LogP contribution < -0.4 is 36.6 Å². The molecule has 0 unspecified atom stereocenters. The highest BCUT2D eigenvalue weighted by Crippen LogP contribution is 2.41. The summed E-state index contributed by atoms with van der Waals surface area (Å²) in [7, 11) is 1.38. The number of hydrogen-bond acceptors (Lipinski definition) is 27. The Morgan fingerprint density at radius 1 is 0.365 bits per heavy atom. The highest BCUT2D eigenvalue weighted by Gasteiger charge is 2.40. The standard InChI is InChI=1S/C26H21F3N6.C19H18F3N5O2.C19H19F2N5O3.C18H16F3N5O.C17H13F6N5/c1-17-32-22-12-11-21(31-14-18-5-3-2-4-6-18)13-23(22)35(17)25-16-30-15-24(34-25)33-20-9-7-19(8-10-20)26(27,28)29;1-4-29-18(28)27-12(3)17(11(2)26-27)15-9-23-10-16(25-15)24-14-7-5-13(6-8-14)19(20,21)22;1-4-28-19(27)26-12(3)17(11(2)25-26)15-9-22-10-16(24-15)23-13-5-7-14(8-6-13)29-18(20)21;1-10-17(11(2)26(25-10)12(3)27)15-8-22-9-16(24-15)23-14-6-4-13(5-7-14)18(19,20)21;1-9-14(15(17(21,22)23)27-28(9)2)12-7-24-8-13(26-12)25-11-5-3-10(4-6-11)16(18,19)20/h2-13,15-16,31H,14H2,1H3,(H,33,34);5-10H,4H2,1-3H3,(H,24,25);5-10,18H,4H2,1-3H3,(H,23,24);4-9H,1-3H3,(H,23,24);3-8H,1-2H3,(H,25,26). The zero-order valence-corrected chi connectivity index (χ0v) is 80.0. The van der Waals surface area contributed by atoms with Gasteiger partial charge >= 0.3 is 49.7 Å². The van der Waals surface area contributed by atoms with E-state index in [1.54, 1.807) is 86.1 Å².